The fourth-order valence-electron chi connectivity index (χ4n) is 5.57. The number of rotatable bonds is 11. The van der Waals surface area contributed by atoms with Gasteiger partial charge >= 0.3 is 5.69 Å². The van der Waals surface area contributed by atoms with Crippen LogP contribution in [-0.2, 0) is 18.6 Å². The van der Waals surface area contributed by atoms with Crippen LogP contribution in [0.1, 0.15) is 32.6 Å². The van der Waals surface area contributed by atoms with Crippen LogP contribution in [0.25, 0.3) is 0 Å². The molecule has 0 amide bonds. The van der Waals surface area contributed by atoms with Gasteiger partial charge in [-0.3, -0.25) is 14.3 Å². The molecule has 1 aromatic heterocycles. The smallest absolute Gasteiger partial charge is 0.330 e. The molecular formula is C30H39IN2O6Si. The van der Waals surface area contributed by atoms with Crippen LogP contribution in [0.5, 0.6) is 0 Å². The van der Waals surface area contributed by atoms with Crippen molar-refractivity contribution in [1.29, 1.82) is 0 Å². The molecule has 4 atom stereocenters. The monoisotopic (exact) mass is 678 g/mol. The van der Waals surface area contributed by atoms with Gasteiger partial charge in [0.2, 0.25) is 0 Å². The number of halogens is 1. The van der Waals surface area contributed by atoms with Gasteiger partial charge in [-0.1, -0.05) is 104 Å². The van der Waals surface area contributed by atoms with Crippen LogP contribution < -0.4 is 21.6 Å². The Kier molecular flexibility index (Phi) is 10.2. The highest BCUT2D eigenvalue weighted by Crippen LogP contribution is 2.40. The minimum atomic E-state index is -2.80. The summed E-state index contributed by atoms with van der Waals surface area (Å²) < 4.78 is 27.5. The fraction of sp³-hybridized carbons (Fsp3) is 0.467. The number of nitrogens with one attached hydrogen (secondary N) is 1. The number of H-pyrrole nitrogens is 1. The van der Waals surface area contributed by atoms with Gasteiger partial charge in [0.25, 0.3) is 13.9 Å². The van der Waals surface area contributed by atoms with E-state index in [9.17, 15) is 9.59 Å². The highest BCUT2D eigenvalue weighted by atomic mass is 127. The molecule has 3 aromatic rings. The van der Waals surface area contributed by atoms with Gasteiger partial charge in [-0.25, -0.2) is 4.79 Å². The molecule has 10 heteroatoms. The lowest BCUT2D eigenvalue weighted by Crippen LogP contribution is -2.67. The number of hydrogen-bond acceptors (Lipinski definition) is 6. The van der Waals surface area contributed by atoms with Gasteiger partial charge in [-0.15, -0.1) is 0 Å². The molecule has 0 spiro atoms. The minimum Gasteiger partial charge on any atom is -0.405 e. The molecule has 0 radical (unpaired) electrons. The summed E-state index contributed by atoms with van der Waals surface area (Å²) in [4.78, 5) is 27.4. The van der Waals surface area contributed by atoms with Crippen molar-refractivity contribution in [3.8, 4) is 0 Å². The predicted molar refractivity (Wildman–Crippen MR) is 168 cm³/mol. The average Bonchev–Trinajstić information content (AvgIpc) is 3.28. The summed E-state index contributed by atoms with van der Waals surface area (Å²) in [5.74, 6) is -0.0557. The normalized spacial score (nSPS) is 21.6. The van der Waals surface area contributed by atoms with E-state index in [2.05, 4.69) is 96.9 Å². The molecule has 1 saturated heterocycles. The number of aryl methyl sites for hydroxylation is 1. The summed E-state index contributed by atoms with van der Waals surface area (Å²) in [6.07, 6.45) is 0.0687. The van der Waals surface area contributed by atoms with Crippen molar-refractivity contribution >= 4 is 41.3 Å². The Morgan fingerprint density at radius 2 is 1.60 bits per heavy atom. The number of aromatic amines is 1. The van der Waals surface area contributed by atoms with E-state index < -0.39 is 31.9 Å². The highest BCUT2D eigenvalue weighted by Gasteiger charge is 2.52. The van der Waals surface area contributed by atoms with Gasteiger partial charge < -0.3 is 18.6 Å². The Morgan fingerprint density at radius 3 is 2.12 bits per heavy atom. The maximum absolute atomic E-state index is 12.9. The van der Waals surface area contributed by atoms with E-state index in [1.807, 2.05) is 12.1 Å². The number of aromatic nitrogens is 2. The predicted octanol–water partition coefficient (Wildman–Crippen LogP) is 3.40. The van der Waals surface area contributed by atoms with Gasteiger partial charge in [0.15, 0.2) is 6.23 Å². The molecule has 0 aliphatic carbocycles. The zero-order valence-corrected chi connectivity index (χ0v) is 26.9. The van der Waals surface area contributed by atoms with E-state index >= 15 is 0 Å². The van der Waals surface area contributed by atoms with E-state index in [4.69, 9.17) is 18.6 Å². The number of alkyl halides is 1. The highest BCUT2D eigenvalue weighted by molar-refractivity contribution is 14.1. The van der Waals surface area contributed by atoms with Crippen molar-refractivity contribution in [3.63, 3.8) is 0 Å². The minimum absolute atomic E-state index is 0.0557. The van der Waals surface area contributed by atoms with Crippen molar-refractivity contribution in [1.82, 2.24) is 9.55 Å². The van der Waals surface area contributed by atoms with Gasteiger partial charge in [0.05, 0.1) is 25.9 Å². The Bertz CT molecular complexity index is 1320. The zero-order chi connectivity index (χ0) is 28.9. The van der Waals surface area contributed by atoms with Crippen LogP contribution in [0.15, 0.2) is 76.4 Å². The lowest BCUT2D eigenvalue weighted by atomic mass is 10.0. The number of benzene rings is 2. The maximum atomic E-state index is 12.9. The summed E-state index contributed by atoms with van der Waals surface area (Å²) in [6, 6.07) is 21.0. The quantitative estimate of drug-likeness (QED) is 0.145. The molecule has 2 unspecified atom stereocenters. The lowest BCUT2D eigenvalue weighted by molar-refractivity contribution is -0.0785. The number of ether oxygens (including phenoxy) is 3. The van der Waals surface area contributed by atoms with Crippen molar-refractivity contribution < 1.29 is 18.6 Å². The summed E-state index contributed by atoms with van der Waals surface area (Å²) in [5, 5.41) is 2.19. The fourth-order valence-corrected chi connectivity index (χ4v) is 11.2. The largest absolute Gasteiger partial charge is 0.405 e. The van der Waals surface area contributed by atoms with Crippen LogP contribution in [0, 0.1) is 12.8 Å². The SMILES string of the molecule is COCCO[C@H]1C(n2cc(C)c(=O)[nH]c2=O)OC(CO[Si](c2ccccc2)(c2ccccc2)C(C)(C)C)[C@H]1CI. The number of nitrogens with zero attached hydrogens (tertiary/aromatic N) is 1. The van der Waals surface area contributed by atoms with E-state index in [1.165, 1.54) is 14.9 Å². The van der Waals surface area contributed by atoms with Crippen molar-refractivity contribution in [2.45, 2.75) is 51.2 Å². The third kappa shape index (κ3) is 6.21. The summed E-state index contributed by atoms with van der Waals surface area (Å²) in [6.45, 7) is 9.50. The molecule has 1 aliphatic heterocycles. The molecule has 1 fully saturated rings. The molecule has 1 N–H and O–H groups in total. The van der Waals surface area contributed by atoms with Crippen LogP contribution >= 0.6 is 22.6 Å². The zero-order valence-electron chi connectivity index (χ0n) is 23.8. The van der Waals surface area contributed by atoms with Gasteiger partial charge in [-0.2, -0.15) is 0 Å². The first-order chi connectivity index (χ1) is 19.1. The first-order valence-corrected chi connectivity index (χ1v) is 17.0. The van der Waals surface area contributed by atoms with Gasteiger partial charge in [-0.05, 0) is 22.3 Å². The van der Waals surface area contributed by atoms with Crippen LogP contribution in [0.4, 0.5) is 0 Å². The van der Waals surface area contributed by atoms with Crippen molar-refractivity contribution in [3.05, 3.63) is 93.3 Å². The van der Waals surface area contributed by atoms with Gasteiger partial charge in [0, 0.05) is 29.2 Å². The molecule has 216 valence electrons. The molecule has 4 rings (SSSR count). The third-order valence-corrected chi connectivity index (χ3v) is 13.6. The Hall–Kier alpha value is -2.09. The van der Waals surface area contributed by atoms with Crippen LogP contribution in [0.3, 0.4) is 0 Å². The van der Waals surface area contributed by atoms with Gasteiger partial charge in [0.1, 0.15) is 6.10 Å². The topological polar surface area (TPSA) is 91.8 Å². The van der Waals surface area contributed by atoms with E-state index in [-0.39, 0.29) is 17.1 Å². The first kappa shape index (κ1) is 30.9. The first-order valence-electron chi connectivity index (χ1n) is 13.5. The molecule has 0 saturated carbocycles. The Labute approximate surface area is 250 Å². The second kappa shape index (κ2) is 13.3. The van der Waals surface area contributed by atoms with Crippen molar-refractivity contribution in [2.24, 2.45) is 5.92 Å². The van der Waals surface area contributed by atoms with Crippen LogP contribution in [-0.4, -0.2) is 61.4 Å². The standard InChI is InChI=1S/C30H39IN2O6Si/c1-21-19-33(29(35)32-27(21)34)28-26(37-17-16-36-5)24(18-31)25(39-28)20-38-40(30(2,3)4,22-12-8-6-9-13-22)23-14-10-7-11-15-23/h6-15,19,24-26,28H,16-18,20H2,1-5H3,(H,32,34,35)/t24-,25?,26-,28?/m1/s1. The Balaban J connectivity index is 1.74. The summed E-state index contributed by atoms with van der Waals surface area (Å²) in [5.41, 5.74) is -0.508. The third-order valence-electron chi connectivity index (χ3n) is 7.57. The number of methoxy groups -OCH3 is 1. The molecule has 1 aliphatic rings. The molecule has 0 bridgehead atoms. The maximum Gasteiger partial charge on any atom is 0.330 e. The second-order valence-corrected chi connectivity index (χ2v) is 16.4. The Morgan fingerprint density at radius 1 is 1.00 bits per heavy atom. The van der Waals surface area contributed by atoms with E-state index in [0.29, 0.717) is 25.4 Å². The summed E-state index contributed by atoms with van der Waals surface area (Å²) >= 11 is 2.35. The molecule has 8 nitrogen and oxygen atoms in total. The van der Waals surface area contributed by atoms with Crippen LogP contribution in [0.2, 0.25) is 5.04 Å². The summed E-state index contributed by atoms with van der Waals surface area (Å²) in [7, 11) is -1.18. The lowest BCUT2D eigenvalue weighted by Gasteiger charge is -2.43. The molecule has 2 aromatic carbocycles. The van der Waals surface area contributed by atoms with E-state index in [0.717, 1.165) is 4.43 Å². The second-order valence-electron chi connectivity index (χ2n) is 11.2. The molecular weight excluding hydrogens is 639 g/mol. The molecule has 2 heterocycles. The molecule has 40 heavy (non-hydrogen) atoms. The van der Waals surface area contributed by atoms with Crippen molar-refractivity contribution in [2.75, 3.05) is 31.4 Å². The van der Waals surface area contributed by atoms with E-state index in [1.54, 1.807) is 20.2 Å². The average molecular weight is 679 g/mol. The number of hydrogen-bond donors (Lipinski definition) is 1.